The van der Waals surface area contributed by atoms with Crippen molar-refractivity contribution in [2.24, 2.45) is 0 Å². The molecule has 0 atom stereocenters. The van der Waals surface area contributed by atoms with E-state index in [9.17, 15) is 9.59 Å². The number of carbonyl (C=O) groups excluding carboxylic acids is 2. The largest absolute Gasteiger partial charge is 0.485 e. The van der Waals surface area contributed by atoms with E-state index in [4.69, 9.17) is 44.3 Å². The normalized spacial score (nSPS) is 12.7. The van der Waals surface area contributed by atoms with Crippen LogP contribution < -0.4 is 9.47 Å². The molecule has 0 aliphatic carbocycles. The van der Waals surface area contributed by atoms with Crippen molar-refractivity contribution >= 4 is 46.6 Å². The van der Waals surface area contributed by atoms with Gasteiger partial charge in [-0.05, 0) is 12.1 Å². The first-order valence-electron chi connectivity index (χ1n) is 4.72. The van der Waals surface area contributed by atoms with Crippen molar-refractivity contribution in [1.29, 1.82) is 0 Å². The van der Waals surface area contributed by atoms with E-state index in [-0.39, 0.29) is 22.6 Å². The second-order valence-electron chi connectivity index (χ2n) is 3.33. The van der Waals surface area contributed by atoms with Gasteiger partial charge in [-0.15, -0.1) is 0 Å². The van der Waals surface area contributed by atoms with Crippen LogP contribution in [0.15, 0.2) is 27.7 Å². The predicted molar refractivity (Wildman–Crippen MR) is 66.5 cm³/mol. The summed E-state index contributed by atoms with van der Waals surface area (Å²) in [7, 11) is 0. The summed E-state index contributed by atoms with van der Waals surface area (Å²) in [5.41, 5.74) is 0.451. The molecule has 1 aromatic rings. The minimum Gasteiger partial charge on any atom is -0.485 e. The lowest BCUT2D eigenvalue weighted by molar-refractivity contribution is -0.129. The quantitative estimate of drug-likeness (QED) is 0.479. The van der Waals surface area contributed by atoms with E-state index >= 15 is 0 Å². The maximum atomic E-state index is 11.4. The molecule has 0 bridgehead atoms. The molecule has 0 amide bonds. The van der Waals surface area contributed by atoms with Gasteiger partial charge >= 0.3 is 5.97 Å². The van der Waals surface area contributed by atoms with Gasteiger partial charge in [0.15, 0.2) is 11.6 Å². The summed E-state index contributed by atoms with van der Waals surface area (Å²) in [6.45, 7) is -0.0130. The average molecular weight is 308 g/mol. The zero-order valence-electron chi connectivity index (χ0n) is 8.71. The number of benzene rings is 1. The molecule has 0 saturated carbocycles. The second kappa shape index (κ2) is 5.18. The molecular weight excluding hydrogens is 302 g/mol. The molecule has 0 spiro atoms. The molecule has 1 aliphatic rings. The lowest BCUT2D eigenvalue weighted by Crippen LogP contribution is -2.08. The molecule has 94 valence electrons. The van der Waals surface area contributed by atoms with Crippen molar-refractivity contribution < 1.29 is 19.1 Å². The predicted octanol–water partition coefficient (Wildman–Crippen LogP) is 3.05. The summed E-state index contributed by atoms with van der Waals surface area (Å²) in [4.78, 5) is 22.7. The maximum absolute atomic E-state index is 11.4. The van der Waals surface area contributed by atoms with Crippen LogP contribution in [0.2, 0.25) is 0 Å². The number of carbonyl (C=O) groups is 2. The summed E-state index contributed by atoms with van der Waals surface area (Å²) in [5.74, 6) is -0.464. The van der Waals surface area contributed by atoms with Crippen molar-refractivity contribution in [3.63, 3.8) is 0 Å². The van der Waals surface area contributed by atoms with Crippen LogP contribution in [0.25, 0.3) is 0 Å². The Morgan fingerprint density at radius 1 is 1.28 bits per heavy atom. The van der Waals surface area contributed by atoms with Crippen LogP contribution in [-0.4, -0.2) is 18.4 Å². The lowest BCUT2D eigenvalue weighted by atomic mass is 10.1. The Balaban J connectivity index is 2.20. The van der Waals surface area contributed by atoms with E-state index in [0.717, 1.165) is 0 Å². The first kappa shape index (κ1) is 13.2. The van der Waals surface area contributed by atoms with Crippen LogP contribution in [0.1, 0.15) is 10.4 Å². The minimum absolute atomic E-state index is 0.0130. The molecule has 0 N–H and O–H groups in total. The number of ketones is 1. The molecule has 7 heteroatoms. The number of hydrogen-bond acceptors (Lipinski definition) is 4. The van der Waals surface area contributed by atoms with Crippen LogP contribution in [-0.2, 0) is 4.79 Å². The van der Waals surface area contributed by atoms with Gasteiger partial charge in [0.25, 0.3) is 0 Å². The third kappa shape index (κ3) is 2.61. The standard InChI is InChI=1S/C11H5Cl3O4/c12-9(10(13)14)11(16)18-5-1-2-6-7(15)4-17-8(6)3-5/h1-3H,4H2. The fraction of sp³-hybridized carbons (Fsp3) is 0.0909. The summed E-state index contributed by atoms with van der Waals surface area (Å²) in [6, 6.07) is 4.38. The maximum Gasteiger partial charge on any atom is 0.357 e. The Bertz CT molecular complexity index is 561. The van der Waals surface area contributed by atoms with Gasteiger partial charge in [0, 0.05) is 6.07 Å². The smallest absolute Gasteiger partial charge is 0.357 e. The summed E-state index contributed by atoms with van der Waals surface area (Å²) in [6.07, 6.45) is 0. The fourth-order valence-electron chi connectivity index (χ4n) is 1.37. The second-order valence-corrected chi connectivity index (χ2v) is 4.66. The van der Waals surface area contributed by atoms with Gasteiger partial charge in [-0.3, -0.25) is 4.79 Å². The van der Waals surface area contributed by atoms with Crippen molar-refractivity contribution in [2.45, 2.75) is 0 Å². The number of Topliss-reactive ketones (excluding diaryl/α,β-unsaturated/α-hetero) is 1. The molecule has 1 aliphatic heterocycles. The molecule has 18 heavy (non-hydrogen) atoms. The Hall–Kier alpha value is -1.23. The molecule has 2 rings (SSSR count). The van der Waals surface area contributed by atoms with Crippen molar-refractivity contribution in [3.05, 3.63) is 33.3 Å². The molecular formula is C11H5Cl3O4. The van der Waals surface area contributed by atoms with Gasteiger partial charge < -0.3 is 9.47 Å². The topological polar surface area (TPSA) is 52.6 Å². The Morgan fingerprint density at radius 3 is 2.67 bits per heavy atom. The highest BCUT2D eigenvalue weighted by Gasteiger charge is 2.22. The van der Waals surface area contributed by atoms with Crippen LogP contribution >= 0.6 is 34.8 Å². The highest BCUT2D eigenvalue weighted by Crippen LogP contribution is 2.30. The average Bonchev–Trinajstić information content (AvgIpc) is 2.69. The fourth-order valence-corrected chi connectivity index (χ4v) is 1.56. The van der Waals surface area contributed by atoms with Crippen LogP contribution in [0.4, 0.5) is 0 Å². The van der Waals surface area contributed by atoms with E-state index in [1.807, 2.05) is 0 Å². The summed E-state index contributed by atoms with van der Waals surface area (Å²) in [5, 5.41) is -0.421. The van der Waals surface area contributed by atoms with Crippen LogP contribution in [0, 0.1) is 0 Å². The minimum atomic E-state index is -0.888. The Kier molecular flexibility index (Phi) is 3.80. The van der Waals surface area contributed by atoms with E-state index < -0.39 is 11.0 Å². The molecule has 0 fully saturated rings. The highest BCUT2D eigenvalue weighted by atomic mass is 35.5. The Morgan fingerprint density at radius 2 is 2.00 bits per heavy atom. The summed E-state index contributed by atoms with van der Waals surface area (Å²) < 4.78 is 9.63. The monoisotopic (exact) mass is 306 g/mol. The molecule has 0 aromatic heterocycles. The van der Waals surface area contributed by atoms with Gasteiger partial charge in [-0.25, -0.2) is 4.79 Å². The zero-order chi connectivity index (χ0) is 13.3. The van der Waals surface area contributed by atoms with Crippen LogP contribution in [0.3, 0.4) is 0 Å². The first-order chi connectivity index (χ1) is 8.49. The number of esters is 1. The highest BCUT2D eigenvalue weighted by molar-refractivity contribution is 6.62. The van der Waals surface area contributed by atoms with Gasteiger partial charge in [-0.2, -0.15) is 0 Å². The van der Waals surface area contributed by atoms with Gasteiger partial charge in [0.1, 0.15) is 16.0 Å². The number of rotatable bonds is 2. The molecule has 4 nitrogen and oxygen atoms in total. The van der Waals surface area contributed by atoms with Gasteiger partial charge in [-0.1, -0.05) is 34.8 Å². The third-order valence-corrected chi connectivity index (χ3v) is 3.08. The third-order valence-electron chi connectivity index (χ3n) is 2.17. The zero-order valence-corrected chi connectivity index (χ0v) is 11.0. The van der Waals surface area contributed by atoms with Gasteiger partial charge in [0.2, 0.25) is 5.78 Å². The van der Waals surface area contributed by atoms with Crippen molar-refractivity contribution in [1.82, 2.24) is 0 Å². The first-order valence-corrected chi connectivity index (χ1v) is 5.85. The van der Waals surface area contributed by atoms with E-state index in [1.54, 1.807) is 0 Å². The molecule has 1 heterocycles. The number of hydrogen-bond donors (Lipinski definition) is 0. The van der Waals surface area contributed by atoms with E-state index in [2.05, 4.69) is 0 Å². The van der Waals surface area contributed by atoms with Crippen molar-refractivity contribution in [3.8, 4) is 11.5 Å². The van der Waals surface area contributed by atoms with Crippen molar-refractivity contribution in [2.75, 3.05) is 6.61 Å². The number of fused-ring (bicyclic) bond motifs is 1. The van der Waals surface area contributed by atoms with Crippen LogP contribution in [0.5, 0.6) is 11.5 Å². The molecule has 0 unspecified atom stereocenters. The molecule has 1 aromatic carbocycles. The van der Waals surface area contributed by atoms with Gasteiger partial charge in [0.05, 0.1) is 5.56 Å². The number of ether oxygens (including phenoxy) is 2. The molecule has 0 radical (unpaired) electrons. The van der Waals surface area contributed by atoms with E-state index in [1.165, 1.54) is 18.2 Å². The SMILES string of the molecule is O=C(Oc1ccc2c(c1)OCC2=O)C(Cl)=C(Cl)Cl. The Labute approximate surface area is 117 Å². The lowest BCUT2D eigenvalue weighted by Gasteiger charge is -2.04. The summed E-state index contributed by atoms with van der Waals surface area (Å²) >= 11 is 16.2. The number of halogens is 3. The molecule has 0 saturated heterocycles. The van der Waals surface area contributed by atoms with E-state index in [0.29, 0.717) is 11.3 Å².